The first-order valence-corrected chi connectivity index (χ1v) is 16.5. The van der Waals surface area contributed by atoms with Crippen molar-refractivity contribution in [3.05, 3.63) is 35.4 Å². The lowest BCUT2D eigenvalue weighted by Crippen LogP contribution is -2.57. The normalized spacial score (nSPS) is 29.2. The zero-order chi connectivity index (χ0) is 30.0. The smallest absolute Gasteiger partial charge is 0.315 e. The van der Waals surface area contributed by atoms with E-state index in [4.69, 9.17) is 0 Å². The molecule has 228 valence electrons. The van der Waals surface area contributed by atoms with E-state index in [0.29, 0.717) is 32.2 Å². The fourth-order valence-corrected chi connectivity index (χ4v) is 8.73. The minimum absolute atomic E-state index is 0.237. The molecule has 1 aliphatic carbocycles. The van der Waals surface area contributed by atoms with E-state index in [1.165, 1.54) is 11.0 Å². The van der Waals surface area contributed by atoms with E-state index >= 15 is 0 Å². The predicted octanol–water partition coefficient (Wildman–Crippen LogP) is 4.77. The number of urea groups is 1. The lowest BCUT2D eigenvalue weighted by atomic mass is 10.0. The van der Waals surface area contributed by atoms with Gasteiger partial charge in [-0.2, -0.15) is 0 Å². The Bertz CT molecular complexity index is 1190. The van der Waals surface area contributed by atoms with E-state index in [2.05, 4.69) is 16.0 Å². The van der Waals surface area contributed by atoms with Gasteiger partial charge in [0.15, 0.2) is 0 Å². The molecule has 3 fully saturated rings. The Hall–Kier alpha value is -2.52. The number of halogens is 2. The van der Waals surface area contributed by atoms with E-state index in [1.807, 2.05) is 20.8 Å². The van der Waals surface area contributed by atoms with E-state index in [1.54, 1.807) is 0 Å². The number of carbonyl (C=O) groups is 3. The van der Waals surface area contributed by atoms with Gasteiger partial charge in [-0.05, 0) is 70.9 Å². The Balaban J connectivity index is 1.58. The van der Waals surface area contributed by atoms with Crippen LogP contribution in [0.25, 0.3) is 0 Å². The van der Waals surface area contributed by atoms with Crippen molar-refractivity contribution in [3.63, 3.8) is 0 Å². The molecule has 9 nitrogen and oxygen atoms in total. The SMILES string of the molecule is CC(C)(C)NC(=O)NC1CCCCCCC[C@@H]2C[C@@]2(P(=O)(O)Cc2c(F)cccc2F)NC(=O)[C@@H]2CCCN2C1=O. The Morgan fingerprint density at radius 2 is 1.71 bits per heavy atom. The van der Waals surface area contributed by atoms with Gasteiger partial charge < -0.3 is 25.7 Å². The highest BCUT2D eigenvalue weighted by molar-refractivity contribution is 7.59. The van der Waals surface area contributed by atoms with Crippen molar-refractivity contribution in [1.29, 1.82) is 0 Å². The number of hydrogen-bond donors (Lipinski definition) is 4. The lowest BCUT2D eigenvalue weighted by Gasteiger charge is -2.32. The van der Waals surface area contributed by atoms with Crippen LogP contribution in [0.15, 0.2) is 18.2 Å². The number of amides is 4. The summed E-state index contributed by atoms with van der Waals surface area (Å²) in [5, 5.41) is 6.94. The summed E-state index contributed by atoms with van der Waals surface area (Å²) in [5.74, 6) is -3.02. The van der Waals surface area contributed by atoms with E-state index in [9.17, 15) is 32.6 Å². The third-order valence-corrected chi connectivity index (χ3v) is 11.1. The van der Waals surface area contributed by atoms with Gasteiger partial charge in [-0.15, -0.1) is 0 Å². The van der Waals surface area contributed by atoms with Crippen molar-refractivity contribution in [3.8, 4) is 0 Å². The van der Waals surface area contributed by atoms with Crippen LogP contribution in [0, 0.1) is 17.6 Å². The highest BCUT2D eigenvalue weighted by Gasteiger charge is 2.66. The van der Waals surface area contributed by atoms with Gasteiger partial charge in [-0.1, -0.05) is 38.2 Å². The molecule has 1 aromatic carbocycles. The fraction of sp³-hybridized carbons (Fsp3) is 0.690. The number of nitrogens with zero attached hydrogens (tertiary/aromatic N) is 1. The molecule has 4 amide bonds. The number of rotatable bonds is 4. The largest absolute Gasteiger partial charge is 0.342 e. The number of fused-ring (bicyclic) bond motifs is 2. The Labute approximate surface area is 240 Å². The average molecular weight is 597 g/mol. The minimum Gasteiger partial charge on any atom is -0.342 e. The fourth-order valence-electron chi connectivity index (χ4n) is 6.23. The van der Waals surface area contributed by atoms with Crippen LogP contribution in [0.2, 0.25) is 0 Å². The Morgan fingerprint density at radius 1 is 1.07 bits per heavy atom. The van der Waals surface area contributed by atoms with Gasteiger partial charge in [0.25, 0.3) is 0 Å². The standard InChI is InChI=1S/C29H43F2N4O5P/c1-28(2,3)34-27(38)32-23-14-8-6-4-5-7-11-19-17-29(19,33-25(36)24-15-10-16-35(24)26(23)37)41(39,40)18-20-21(30)12-9-13-22(20)31/h9,12-13,19,23-24H,4-8,10-11,14-18H2,1-3H3,(H,33,36)(H,39,40)(H2,32,34,38)/t19-,23?,24+,29+/m1/s1. The van der Waals surface area contributed by atoms with Gasteiger partial charge in [-0.3, -0.25) is 14.2 Å². The molecule has 2 unspecified atom stereocenters. The molecule has 5 atom stereocenters. The van der Waals surface area contributed by atoms with Crippen LogP contribution in [0.5, 0.6) is 0 Å². The van der Waals surface area contributed by atoms with E-state index < -0.39 is 65.6 Å². The van der Waals surface area contributed by atoms with Crippen LogP contribution in [-0.4, -0.2) is 57.1 Å². The van der Waals surface area contributed by atoms with Gasteiger partial charge in [0.2, 0.25) is 19.2 Å². The Morgan fingerprint density at radius 3 is 2.37 bits per heavy atom. The molecule has 12 heteroatoms. The molecule has 3 aliphatic rings. The summed E-state index contributed by atoms with van der Waals surface area (Å²) in [6.45, 7) is 5.84. The molecule has 0 aromatic heterocycles. The van der Waals surface area contributed by atoms with Crippen LogP contribution in [0.1, 0.15) is 90.5 Å². The van der Waals surface area contributed by atoms with Crippen LogP contribution in [-0.2, 0) is 20.3 Å². The van der Waals surface area contributed by atoms with E-state index in [0.717, 1.165) is 44.2 Å². The molecule has 1 aromatic rings. The third kappa shape index (κ3) is 7.28. The maximum atomic E-state index is 14.4. The summed E-state index contributed by atoms with van der Waals surface area (Å²) in [6, 6.07) is 1.14. The summed E-state index contributed by atoms with van der Waals surface area (Å²) >= 11 is 0. The molecule has 4 rings (SSSR count). The van der Waals surface area contributed by atoms with E-state index in [-0.39, 0.29) is 18.2 Å². The molecular weight excluding hydrogens is 553 g/mol. The monoisotopic (exact) mass is 596 g/mol. The predicted molar refractivity (Wildman–Crippen MR) is 151 cm³/mol. The molecular formula is C29H43F2N4O5P. The van der Waals surface area contributed by atoms with Crippen LogP contribution >= 0.6 is 7.37 Å². The average Bonchev–Trinajstić information content (AvgIpc) is 3.35. The highest BCUT2D eigenvalue weighted by atomic mass is 31.2. The van der Waals surface area contributed by atoms with Gasteiger partial charge in [0.1, 0.15) is 29.0 Å². The number of nitrogens with one attached hydrogen (secondary N) is 3. The second kappa shape index (κ2) is 12.4. The molecule has 2 aliphatic heterocycles. The zero-order valence-electron chi connectivity index (χ0n) is 24.2. The second-order valence-corrected chi connectivity index (χ2v) is 15.3. The van der Waals surface area contributed by atoms with Crippen LogP contribution in [0.3, 0.4) is 0 Å². The summed E-state index contributed by atoms with van der Waals surface area (Å²) in [6.07, 6.45) is 5.61. The van der Waals surface area contributed by atoms with Gasteiger partial charge >= 0.3 is 6.03 Å². The second-order valence-electron chi connectivity index (χ2n) is 12.8. The van der Waals surface area contributed by atoms with Crippen LogP contribution in [0.4, 0.5) is 13.6 Å². The molecule has 0 radical (unpaired) electrons. The maximum absolute atomic E-state index is 14.4. The summed E-state index contributed by atoms with van der Waals surface area (Å²) < 4.78 is 42.8. The topological polar surface area (TPSA) is 128 Å². The molecule has 0 spiro atoms. The maximum Gasteiger partial charge on any atom is 0.315 e. The van der Waals surface area contributed by atoms with Gasteiger partial charge in [-0.25, -0.2) is 13.6 Å². The van der Waals surface area contributed by atoms with Crippen molar-refractivity contribution >= 4 is 25.2 Å². The first-order valence-electron chi connectivity index (χ1n) is 14.7. The molecule has 4 N–H and O–H groups in total. The summed E-state index contributed by atoms with van der Waals surface area (Å²) in [7, 11) is -4.34. The van der Waals surface area contributed by atoms with Crippen molar-refractivity contribution < 1.29 is 32.6 Å². The van der Waals surface area contributed by atoms with Gasteiger partial charge in [0.05, 0.1) is 6.16 Å². The first-order chi connectivity index (χ1) is 19.2. The number of carbonyl (C=O) groups excluding carboxylic acids is 3. The van der Waals surface area contributed by atoms with Crippen molar-refractivity contribution in [1.82, 2.24) is 20.9 Å². The quantitative estimate of drug-likeness (QED) is 0.373. The van der Waals surface area contributed by atoms with Gasteiger partial charge in [0, 0.05) is 17.6 Å². The number of benzene rings is 1. The molecule has 0 bridgehead atoms. The van der Waals surface area contributed by atoms with Crippen molar-refractivity contribution in [2.75, 3.05) is 6.54 Å². The number of hydrogen-bond acceptors (Lipinski definition) is 4. The molecule has 41 heavy (non-hydrogen) atoms. The first kappa shape index (κ1) is 31.4. The molecule has 1 saturated carbocycles. The Kier molecular flexibility index (Phi) is 9.48. The van der Waals surface area contributed by atoms with Crippen molar-refractivity contribution in [2.24, 2.45) is 5.92 Å². The summed E-state index contributed by atoms with van der Waals surface area (Å²) in [5.41, 5.74) is -0.967. The zero-order valence-corrected chi connectivity index (χ0v) is 25.1. The molecule has 2 saturated heterocycles. The third-order valence-electron chi connectivity index (χ3n) is 8.45. The summed E-state index contributed by atoms with van der Waals surface area (Å²) in [4.78, 5) is 52.8. The highest BCUT2D eigenvalue weighted by Crippen LogP contribution is 2.71. The minimum atomic E-state index is -4.34. The lowest BCUT2D eigenvalue weighted by molar-refractivity contribution is -0.140. The molecule has 2 heterocycles. The van der Waals surface area contributed by atoms with Crippen molar-refractivity contribution in [2.45, 2.75) is 114 Å². The van der Waals surface area contributed by atoms with Crippen LogP contribution < -0.4 is 16.0 Å².